The summed E-state index contributed by atoms with van der Waals surface area (Å²) < 4.78 is 7.36. The van der Waals surface area contributed by atoms with Crippen LogP contribution in [0.3, 0.4) is 0 Å². The molecule has 5 heteroatoms. The number of carbonyl (C=O) groups is 1. The highest BCUT2D eigenvalue weighted by atomic mass is 16.5. The Balaban J connectivity index is 1.56. The third-order valence-corrected chi connectivity index (χ3v) is 3.96. The molecule has 0 bridgehead atoms. The van der Waals surface area contributed by atoms with Crippen LogP contribution in [-0.2, 0) is 11.8 Å². The van der Waals surface area contributed by atoms with Crippen LogP contribution in [0.5, 0.6) is 0 Å². The van der Waals surface area contributed by atoms with E-state index in [0.717, 1.165) is 49.3 Å². The Bertz CT molecular complexity index is 629. The molecule has 0 radical (unpaired) electrons. The lowest BCUT2D eigenvalue weighted by Crippen LogP contribution is -2.41. The predicted molar refractivity (Wildman–Crippen MR) is 82.5 cm³/mol. The van der Waals surface area contributed by atoms with Crippen molar-refractivity contribution < 1.29 is 9.53 Å². The smallest absolute Gasteiger partial charge is 0.251 e. The van der Waals surface area contributed by atoms with Crippen molar-refractivity contribution in [3.63, 3.8) is 0 Å². The molecule has 1 fully saturated rings. The van der Waals surface area contributed by atoms with Crippen molar-refractivity contribution in [3.8, 4) is 0 Å². The number of aromatic nitrogens is 1. The topological polar surface area (TPSA) is 46.5 Å². The first-order valence-electron chi connectivity index (χ1n) is 7.37. The average Bonchev–Trinajstić information content (AvgIpc) is 2.89. The van der Waals surface area contributed by atoms with E-state index >= 15 is 0 Å². The van der Waals surface area contributed by atoms with Gasteiger partial charge in [0.25, 0.3) is 5.91 Å². The Morgan fingerprint density at radius 2 is 2.10 bits per heavy atom. The van der Waals surface area contributed by atoms with Gasteiger partial charge in [0.1, 0.15) is 0 Å². The molecule has 1 saturated heterocycles. The van der Waals surface area contributed by atoms with E-state index in [1.165, 1.54) is 0 Å². The van der Waals surface area contributed by atoms with Crippen LogP contribution in [0.1, 0.15) is 10.4 Å². The van der Waals surface area contributed by atoms with Gasteiger partial charge in [-0.3, -0.25) is 9.69 Å². The number of nitrogens with one attached hydrogen (secondary N) is 1. The van der Waals surface area contributed by atoms with Crippen molar-refractivity contribution in [2.45, 2.75) is 0 Å². The van der Waals surface area contributed by atoms with Crippen molar-refractivity contribution in [2.75, 3.05) is 39.4 Å². The van der Waals surface area contributed by atoms with E-state index < -0.39 is 0 Å². The zero-order valence-electron chi connectivity index (χ0n) is 12.3. The SMILES string of the molecule is Cn1ccc2cc(C(=O)NCCN3CCOCC3)ccc21. The second-order valence-electron chi connectivity index (χ2n) is 5.41. The highest BCUT2D eigenvalue weighted by molar-refractivity contribution is 5.98. The maximum absolute atomic E-state index is 12.2. The van der Waals surface area contributed by atoms with Crippen LogP contribution < -0.4 is 5.32 Å². The summed E-state index contributed by atoms with van der Waals surface area (Å²) >= 11 is 0. The number of amides is 1. The summed E-state index contributed by atoms with van der Waals surface area (Å²) in [5, 5.41) is 4.09. The van der Waals surface area contributed by atoms with Crippen LogP contribution in [0.25, 0.3) is 10.9 Å². The second kappa shape index (κ2) is 6.28. The molecule has 2 heterocycles. The predicted octanol–water partition coefficient (Wildman–Crippen LogP) is 1.24. The molecule has 1 aromatic heterocycles. The third kappa shape index (κ3) is 3.25. The quantitative estimate of drug-likeness (QED) is 0.920. The molecule has 112 valence electrons. The summed E-state index contributed by atoms with van der Waals surface area (Å²) in [5.41, 5.74) is 1.86. The van der Waals surface area contributed by atoms with Crippen molar-refractivity contribution in [1.82, 2.24) is 14.8 Å². The molecule has 0 unspecified atom stereocenters. The van der Waals surface area contributed by atoms with Gasteiger partial charge in [-0.15, -0.1) is 0 Å². The maximum atomic E-state index is 12.2. The first-order chi connectivity index (χ1) is 10.2. The number of ether oxygens (including phenoxy) is 1. The molecule has 21 heavy (non-hydrogen) atoms. The number of morpholine rings is 1. The average molecular weight is 287 g/mol. The maximum Gasteiger partial charge on any atom is 0.251 e. The molecule has 1 amide bonds. The second-order valence-corrected chi connectivity index (χ2v) is 5.41. The Labute approximate surface area is 124 Å². The molecule has 2 aromatic rings. The number of nitrogens with zero attached hydrogens (tertiary/aromatic N) is 2. The fourth-order valence-corrected chi connectivity index (χ4v) is 2.68. The third-order valence-electron chi connectivity index (χ3n) is 3.96. The molecule has 0 aliphatic carbocycles. The molecule has 1 aromatic carbocycles. The Kier molecular flexibility index (Phi) is 4.22. The summed E-state index contributed by atoms with van der Waals surface area (Å²) in [6.07, 6.45) is 2.00. The van der Waals surface area contributed by atoms with E-state index in [2.05, 4.69) is 14.8 Å². The zero-order chi connectivity index (χ0) is 14.7. The number of fused-ring (bicyclic) bond motifs is 1. The Morgan fingerprint density at radius 3 is 2.90 bits per heavy atom. The van der Waals surface area contributed by atoms with Gasteiger partial charge in [0.2, 0.25) is 0 Å². The van der Waals surface area contributed by atoms with Gasteiger partial charge >= 0.3 is 0 Å². The number of benzene rings is 1. The van der Waals surface area contributed by atoms with Crippen LogP contribution in [0.2, 0.25) is 0 Å². The van der Waals surface area contributed by atoms with Gasteiger partial charge in [0.05, 0.1) is 13.2 Å². The van der Waals surface area contributed by atoms with Crippen LogP contribution in [0, 0.1) is 0 Å². The van der Waals surface area contributed by atoms with Crippen molar-refractivity contribution in [2.24, 2.45) is 7.05 Å². The summed E-state index contributed by atoms with van der Waals surface area (Å²) in [5.74, 6) is -0.00554. The fraction of sp³-hybridized carbons (Fsp3) is 0.438. The van der Waals surface area contributed by atoms with Crippen LogP contribution in [0.15, 0.2) is 30.5 Å². The van der Waals surface area contributed by atoms with E-state index in [9.17, 15) is 4.79 Å². The van der Waals surface area contributed by atoms with Gasteiger partial charge in [-0.05, 0) is 24.3 Å². The molecule has 5 nitrogen and oxygen atoms in total. The van der Waals surface area contributed by atoms with Gasteiger partial charge in [-0.1, -0.05) is 0 Å². The number of aryl methyl sites for hydroxylation is 1. The Morgan fingerprint density at radius 1 is 1.29 bits per heavy atom. The molecule has 1 N–H and O–H groups in total. The molecular formula is C16H21N3O2. The minimum absolute atomic E-state index is 0.00554. The molecule has 1 aliphatic rings. The molecule has 0 spiro atoms. The first kappa shape index (κ1) is 14.1. The highest BCUT2D eigenvalue weighted by Crippen LogP contribution is 2.16. The summed E-state index contributed by atoms with van der Waals surface area (Å²) in [6, 6.07) is 7.85. The van der Waals surface area contributed by atoms with Gasteiger partial charge in [0.15, 0.2) is 0 Å². The monoisotopic (exact) mass is 287 g/mol. The van der Waals surface area contributed by atoms with E-state index in [1.54, 1.807) is 0 Å². The Hall–Kier alpha value is -1.85. The molecule has 0 saturated carbocycles. The summed E-state index contributed by atoms with van der Waals surface area (Å²) in [7, 11) is 2.00. The van der Waals surface area contributed by atoms with Gasteiger partial charge < -0.3 is 14.6 Å². The van der Waals surface area contributed by atoms with Crippen LogP contribution in [0.4, 0.5) is 0 Å². The van der Waals surface area contributed by atoms with Crippen molar-refractivity contribution in [3.05, 3.63) is 36.0 Å². The summed E-state index contributed by atoms with van der Waals surface area (Å²) in [6.45, 7) is 5.03. The number of carbonyl (C=O) groups excluding carboxylic acids is 1. The molecule has 1 aliphatic heterocycles. The molecular weight excluding hydrogens is 266 g/mol. The fourth-order valence-electron chi connectivity index (χ4n) is 2.68. The minimum atomic E-state index is -0.00554. The number of hydrogen-bond donors (Lipinski definition) is 1. The lowest BCUT2D eigenvalue weighted by Gasteiger charge is -2.26. The van der Waals surface area contributed by atoms with Crippen LogP contribution in [-0.4, -0.2) is 54.8 Å². The molecule has 3 rings (SSSR count). The normalized spacial score (nSPS) is 16.2. The summed E-state index contributed by atoms with van der Waals surface area (Å²) in [4.78, 5) is 14.5. The zero-order valence-corrected chi connectivity index (χ0v) is 12.3. The number of rotatable bonds is 4. The lowest BCUT2D eigenvalue weighted by molar-refractivity contribution is 0.0383. The minimum Gasteiger partial charge on any atom is -0.379 e. The highest BCUT2D eigenvalue weighted by Gasteiger charge is 2.11. The number of hydrogen-bond acceptors (Lipinski definition) is 3. The van der Waals surface area contributed by atoms with E-state index in [4.69, 9.17) is 4.74 Å². The van der Waals surface area contributed by atoms with E-state index in [-0.39, 0.29) is 5.91 Å². The van der Waals surface area contributed by atoms with Crippen molar-refractivity contribution in [1.29, 1.82) is 0 Å². The van der Waals surface area contributed by atoms with Gasteiger partial charge in [0, 0.05) is 55.9 Å². The lowest BCUT2D eigenvalue weighted by atomic mass is 10.1. The standard InChI is InChI=1S/C16H21N3O2/c1-18-6-4-13-12-14(2-3-15(13)18)16(20)17-5-7-19-8-10-21-11-9-19/h2-4,6,12H,5,7-11H2,1H3,(H,17,20). The van der Waals surface area contributed by atoms with E-state index in [0.29, 0.717) is 6.54 Å². The van der Waals surface area contributed by atoms with Crippen LogP contribution >= 0.6 is 0 Å². The van der Waals surface area contributed by atoms with Gasteiger partial charge in [-0.2, -0.15) is 0 Å². The van der Waals surface area contributed by atoms with E-state index in [1.807, 2.05) is 37.5 Å². The van der Waals surface area contributed by atoms with Crippen molar-refractivity contribution >= 4 is 16.8 Å². The largest absolute Gasteiger partial charge is 0.379 e. The van der Waals surface area contributed by atoms with Gasteiger partial charge in [-0.25, -0.2) is 0 Å². The first-order valence-corrected chi connectivity index (χ1v) is 7.37. The molecule has 0 atom stereocenters.